The van der Waals surface area contributed by atoms with Crippen LogP contribution >= 0.6 is 0 Å². The third kappa shape index (κ3) is 2.88. The van der Waals surface area contributed by atoms with Crippen LogP contribution in [0.3, 0.4) is 0 Å². The van der Waals surface area contributed by atoms with Crippen molar-refractivity contribution in [3.8, 4) is 6.07 Å². The molecule has 104 valence electrons. The van der Waals surface area contributed by atoms with Crippen LogP contribution in [0.1, 0.15) is 44.2 Å². The molecule has 1 saturated heterocycles. The largest absolute Gasteiger partial charge is 0.278 e. The summed E-state index contributed by atoms with van der Waals surface area (Å²) in [5.74, 6) is -0.204. The molecule has 0 radical (unpaired) electrons. The van der Waals surface area contributed by atoms with Crippen LogP contribution in [-0.2, 0) is 16.1 Å². The van der Waals surface area contributed by atoms with Crippen LogP contribution in [0.15, 0.2) is 24.3 Å². The number of rotatable bonds is 3. The zero-order valence-corrected chi connectivity index (χ0v) is 11.8. The third-order valence-electron chi connectivity index (χ3n) is 4.04. The molecule has 0 atom stereocenters. The quantitative estimate of drug-likeness (QED) is 0.793. The molecule has 1 aromatic rings. The van der Waals surface area contributed by atoms with Crippen molar-refractivity contribution in [1.29, 1.82) is 5.26 Å². The zero-order chi connectivity index (χ0) is 14.8. The number of benzene rings is 1. The minimum Gasteiger partial charge on any atom is -0.278 e. The number of hydrogen-bond acceptors (Lipinski definition) is 3. The SMILES string of the molecule is CCC1(C)CC(=O)N(Cc2ccc(C#N)cc2)C(=O)C1. The van der Waals surface area contributed by atoms with Crippen molar-refractivity contribution in [2.45, 2.75) is 39.7 Å². The van der Waals surface area contributed by atoms with Crippen LogP contribution in [0.25, 0.3) is 0 Å². The highest BCUT2D eigenvalue weighted by Crippen LogP contribution is 2.35. The second-order valence-electron chi connectivity index (χ2n) is 5.70. The highest BCUT2D eigenvalue weighted by Gasteiger charge is 2.39. The van der Waals surface area contributed by atoms with E-state index < -0.39 is 0 Å². The van der Waals surface area contributed by atoms with E-state index in [1.54, 1.807) is 24.3 Å². The highest BCUT2D eigenvalue weighted by molar-refractivity contribution is 5.98. The van der Waals surface area contributed by atoms with Crippen LogP contribution in [0.5, 0.6) is 0 Å². The van der Waals surface area contributed by atoms with Crippen LogP contribution in [0, 0.1) is 16.7 Å². The van der Waals surface area contributed by atoms with Gasteiger partial charge in [0.15, 0.2) is 0 Å². The Labute approximate surface area is 119 Å². The van der Waals surface area contributed by atoms with Gasteiger partial charge in [0.2, 0.25) is 11.8 Å². The van der Waals surface area contributed by atoms with E-state index in [-0.39, 0.29) is 17.2 Å². The molecule has 0 spiro atoms. The average molecular weight is 270 g/mol. The van der Waals surface area contributed by atoms with Crippen LogP contribution in [-0.4, -0.2) is 16.7 Å². The minimum absolute atomic E-state index is 0.102. The van der Waals surface area contributed by atoms with Crippen LogP contribution < -0.4 is 0 Å². The average Bonchev–Trinajstić information content (AvgIpc) is 2.43. The molecule has 0 unspecified atom stereocenters. The summed E-state index contributed by atoms with van der Waals surface area (Å²) in [6, 6.07) is 9.01. The van der Waals surface area contributed by atoms with Crippen molar-refractivity contribution in [3.63, 3.8) is 0 Å². The lowest BCUT2D eigenvalue weighted by Crippen LogP contribution is -2.46. The Bertz CT molecular complexity index is 551. The van der Waals surface area contributed by atoms with Gasteiger partial charge in [0.25, 0.3) is 0 Å². The Hall–Kier alpha value is -2.15. The molecule has 0 aliphatic carbocycles. The van der Waals surface area contributed by atoms with E-state index in [4.69, 9.17) is 5.26 Å². The van der Waals surface area contributed by atoms with Crippen molar-refractivity contribution in [2.24, 2.45) is 5.41 Å². The summed E-state index contributed by atoms with van der Waals surface area (Å²) >= 11 is 0. The first kappa shape index (κ1) is 14.3. The second-order valence-corrected chi connectivity index (χ2v) is 5.70. The lowest BCUT2D eigenvalue weighted by molar-refractivity contribution is -0.153. The standard InChI is InChI=1S/C16H18N2O2/c1-3-16(2)8-14(19)18(15(20)9-16)11-13-6-4-12(10-17)5-7-13/h4-7H,3,8-9,11H2,1-2H3. The molecule has 0 bridgehead atoms. The molecule has 0 N–H and O–H groups in total. The lowest BCUT2D eigenvalue weighted by atomic mass is 9.77. The van der Waals surface area contributed by atoms with E-state index in [0.29, 0.717) is 24.9 Å². The summed E-state index contributed by atoms with van der Waals surface area (Å²) in [6.45, 7) is 4.29. The molecule has 0 saturated carbocycles. The number of hydrogen-bond donors (Lipinski definition) is 0. The van der Waals surface area contributed by atoms with E-state index in [9.17, 15) is 9.59 Å². The normalized spacial score (nSPS) is 17.9. The third-order valence-corrected chi connectivity index (χ3v) is 4.04. The van der Waals surface area contributed by atoms with Gasteiger partial charge in [0, 0.05) is 12.8 Å². The first-order valence-electron chi connectivity index (χ1n) is 6.80. The molecule has 1 aliphatic heterocycles. The Balaban J connectivity index is 2.11. The molecule has 1 aromatic carbocycles. The number of piperidine rings is 1. The zero-order valence-electron chi connectivity index (χ0n) is 11.8. The van der Waals surface area contributed by atoms with Gasteiger partial charge < -0.3 is 0 Å². The second kappa shape index (κ2) is 5.46. The molecule has 4 heteroatoms. The van der Waals surface area contributed by atoms with Gasteiger partial charge in [-0.25, -0.2) is 0 Å². The molecule has 1 aliphatic rings. The van der Waals surface area contributed by atoms with E-state index in [2.05, 4.69) is 0 Å². The van der Waals surface area contributed by atoms with Gasteiger partial charge in [-0.2, -0.15) is 5.26 Å². The molecule has 20 heavy (non-hydrogen) atoms. The summed E-state index contributed by atoms with van der Waals surface area (Å²) in [6.07, 6.45) is 1.67. The van der Waals surface area contributed by atoms with Gasteiger partial charge in [-0.15, -0.1) is 0 Å². The van der Waals surface area contributed by atoms with E-state index in [0.717, 1.165) is 12.0 Å². The maximum absolute atomic E-state index is 12.2. The summed E-state index contributed by atoms with van der Waals surface area (Å²) in [5, 5.41) is 8.75. The lowest BCUT2D eigenvalue weighted by Gasteiger charge is -2.36. The van der Waals surface area contributed by atoms with Gasteiger partial charge in [0.05, 0.1) is 18.2 Å². The fourth-order valence-electron chi connectivity index (χ4n) is 2.42. The molecule has 1 fully saturated rings. The number of imide groups is 1. The van der Waals surface area contributed by atoms with Crippen LogP contribution in [0.4, 0.5) is 0 Å². The minimum atomic E-state index is -0.199. The molecule has 0 aromatic heterocycles. The summed E-state index contributed by atoms with van der Waals surface area (Å²) in [5.41, 5.74) is 1.24. The van der Waals surface area contributed by atoms with E-state index in [1.165, 1.54) is 4.90 Å². The maximum Gasteiger partial charge on any atom is 0.230 e. The molecule has 1 heterocycles. The van der Waals surface area contributed by atoms with E-state index in [1.807, 2.05) is 19.9 Å². The first-order chi connectivity index (χ1) is 9.47. The van der Waals surface area contributed by atoms with Crippen molar-refractivity contribution in [1.82, 2.24) is 4.90 Å². The molecule has 2 amide bonds. The van der Waals surface area contributed by atoms with Crippen molar-refractivity contribution in [2.75, 3.05) is 0 Å². The first-order valence-corrected chi connectivity index (χ1v) is 6.80. The Morgan fingerprint density at radius 1 is 1.20 bits per heavy atom. The Morgan fingerprint density at radius 3 is 2.20 bits per heavy atom. The number of nitriles is 1. The van der Waals surface area contributed by atoms with Crippen molar-refractivity contribution >= 4 is 11.8 Å². The topological polar surface area (TPSA) is 61.2 Å². The molecule has 4 nitrogen and oxygen atoms in total. The monoisotopic (exact) mass is 270 g/mol. The van der Waals surface area contributed by atoms with Crippen molar-refractivity contribution < 1.29 is 9.59 Å². The fraction of sp³-hybridized carbons (Fsp3) is 0.438. The van der Waals surface area contributed by atoms with Crippen molar-refractivity contribution in [3.05, 3.63) is 35.4 Å². The molecular formula is C16H18N2O2. The smallest absolute Gasteiger partial charge is 0.230 e. The molecular weight excluding hydrogens is 252 g/mol. The summed E-state index contributed by atoms with van der Waals surface area (Å²) < 4.78 is 0. The predicted octanol–water partition coefficient (Wildman–Crippen LogP) is 2.62. The number of nitrogens with zero attached hydrogens (tertiary/aromatic N) is 2. The Morgan fingerprint density at radius 2 is 1.75 bits per heavy atom. The fourth-order valence-corrected chi connectivity index (χ4v) is 2.42. The summed E-state index contributed by atoms with van der Waals surface area (Å²) in [7, 11) is 0. The van der Waals surface area contributed by atoms with Gasteiger partial charge in [-0.3, -0.25) is 14.5 Å². The van der Waals surface area contributed by atoms with E-state index >= 15 is 0 Å². The number of carbonyl (C=O) groups is 2. The highest BCUT2D eigenvalue weighted by atomic mass is 16.2. The van der Waals surface area contributed by atoms with Gasteiger partial charge >= 0.3 is 0 Å². The molecule has 2 rings (SSSR count). The summed E-state index contributed by atoms with van der Waals surface area (Å²) in [4.78, 5) is 25.7. The van der Waals surface area contributed by atoms with Gasteiger partial charge in [-0.1, -0.05) is 26.0 Å². The number of carbonyl (C=O) groups excluding carboxylic acids is 2. The van der Waals surface area contributed by atoms with Crippen LogP contribution in [0.2, 0.25) is 0 Å². The number of amides is 2. The maximum atomic E-state index is 12.2. The van der Waals surface area contributed by atoms with Gasteiger partial charge in [0.1, 0.15) is 0 Å². The number of likely N-dealkylation sites (tertiary alicyclic amines) is 1. The van der Waals surface area contributed by atoms with Gasteiger partial charge in [-0.05, 0) is 29.5 Å². The Kier molecular flexibility index (Phi) is 3.89. The predicted molar refractivity (Wildman–Crippen MR) is 74.3 cm³/mol.